The number of phenols is 1. The number of hydrogen-bond donors (Lipinski definition) is 1. The molecule has 104 valence electrons. The number of nitrogens with zero attached hydrogens (tertiary/aromatic N) is 1. The van der Waals surface area contributed by atoms with E-state index in [9.17, 15) is 9.90 Å². The molecule has 1 fully saturated rings. The molecule has 1 amide bonds. The van der Waals surface area contributed by atoms with Gasteiger partial charge in [0.25, 0.3) is 5.91 Å². The zero-order chi connectivity index (χ0) is 14.0. The van der Waals surface area contributed by atoms with Gasteiger partial charge in [0.15, 0.2) is 0 Å². The van der Waals surface area contributed by atoms with E-state index in [2.05, 4.69) is 15.9 Å². The number of benzene rings is 1. The number of amides is 1. The van der Waals surface area contributed by atoms with E-state index in [1.165, 1.54) is 6.07 Å². The molecule has 1 aromatic rings. The standard InChI is InChI=1S/C13H16BrNO4/c1-18-11-6-15(7-12(11)19-2)13(17)9-5-8(14)3-4-10(9)16/h3-5,11-12,16H,6-7H2,1-2H3. The van der Waals surface area contributed by atoms with E-state index < -0.39 is 0 Å². The summed E-state index contributed by atoms with van der Waals surface area (Å²) in [5.41, 5.74) is 0.279. The summed E-state index contributed by atoms with van der Waals surface area (Å²) in [6.07, 6.45) is -0.272. The summed E-state index contributed by atoms with van der Waals surface area (Å²) in [7, 11) is 3.20. The van der Waals surface area contributed by atoms with Crippen molar-refractivity contribution in [2.45, 2.75) is 12.2 Å². The van der Waals surface area contributed by atoms with Crippen LogP contribution in [-0.4, -0.2) is 55.4 Å². The molecule has 19 heavy (non-hydrogen) atoms. The lowest BCUT2D eigenvalue weighted by molar-refractivity contribution is -0.00461. The molecule has 1 N–H and O–H groups in total. The number of phenolic OH excluding ortho intramolecular Hbond substituents is 1. The van der Waals surface area contributed by atoms with Crippen molar-refractivity contribution < 1.29 is 19.4 Å². The molecular weight excluding hydrogens is 314 g/mol. The minimum absolute atomic E-state index is 0.0250. The third-order valence-electron chi connectivity index (χ3n) is 3.30. The summed E-state index contributed by atoms with van der Waals surface area (Å²) in [5.74, 6) is -0.247. The largest absolute Gasteiger partial charge is 0.507 e. The Morgan fingerprint density at radius 2 is 1.89 bits per heavy atom. The van der Waals surface area contributed by atoms with Gasteiger partial charge < -0.3 is 19.5 Å². The fourth-order valence-electron chi connectivity index (χ4n) is 2.21. The van der Waals surface area contributed by atoms with Crippen LogP contribution in [0.2, 0.25) is 0 Å². The third kappa shape index (κ3) is 2.91. The van der Waals surface area contributed by atoms with Crippen molar-refractivity contribution in [3.8, 4) is 5.75 Å². The number of ether oxygens (including phenoxy) is 2. The van der Waals surface area contributed by atoms with E-state index in [4.69, 9.17) is 9.47 Å². The normalized spacial score (nSPS) is 22.8. The maximum atomic E-state index is 12.4. The van der Waals surface area contributed by atoms with Crippen molar-refractivity contribution >= 4 is 21.8 Å². The van der Waals surface area contributed by atoms with Gasteiger partial charge in [-0.2, -0.15) is 0 Å². The fourth-order valence-corrected chi connectivity index (χ4v) is 2.57. The molecule has 1 aliphatic heterocycles. The van der Waals surface area contributed by atoms with Gasteiger partial charge in [0.1, 0.15) is 18.0 Å². The van der Waals surface area contributed by atoms with E-state index >= 15 is 0 Å². The molecule has 1 aromatic carbocycles. The van der Waals surface area contributed by atoms with E-state index in [0.29, 0.717) is 13.1 Å². The first-order valence-electron chi connectivity index (χ1n) is 5.90. The van der Waals surface area contributed by atoms with Crippen molar-refractivity contribution in [2.24, 2.45) is 0 Å². The Morgan fingerprint density at radius 3 is 2.42 bits per heavy atom. The number of methoxy groups -OCH3 is 2. The average molecular weight is 330 g/mol. The highest BCUT2D eigenvalue weighted by Gasteiger charge is 2.36. The van der Waals surface area contributed by atoms with Gasteiger partial charge >= 0.3 is 0 Å². The smallest absolute Gasteiger partial charge is 0.257 e. The maximum Gasteiger partial charge on any atom is 0.257 e. The lowest BCUT2D eigenvalue weighted by Gasteiger charge is -2.16. The van der Waals surface area contributed by atoms with Crippen LogP contribution in [0, 0.1) is 0 Å². The van der Waals surface area contributed by atoms with Gasteiger partial charge in [-0.1, -0.05) is 15.9 Å². The number of rotatable bonds is 3. The van der Waals surface area contributed by atoms with Gasteiger partial charge in [0.05, 0.1) is 5.56 Å². The van der Waals surface area contributed by atoms with E-state index in [0.717, 1.165) is 4.47 Å². The topological polar surface area (TPSA) is 59.0 Å². The molecule has 0 spiro atoms. The first-order valence-corrected chi connectivity index (χ1v) is 6.69. The molecule has 2 atom stereocenters. The molecule has 0 radical (unpaired) electrons. The Balaban J connectivity index is 2.19. The number of likely N-dealkylation sites (tertiary alicyclic amines) is 1. The number of carbonyl (C=O) groups excluding carboxylic acids is 1. The van der Waals surface area contributed by atoms with E-state index in [1.54, 1.807) is 31.3 Å². The number of aromatic hydroxyl groups is 1. The van der Waals surface area contributed by atoms with Gasteiger partial charge in [-0.3, -0.25) is 4.79 Å². The van der Waals surface area contributed by atoms with Gasteiger partial charge in [-0.05, 0) is 18.2 Å². The monoisotopic (exact) mass is 329 g/mol. The molecule has 0 aliphatic carbocycles. The second-order valence-electron chi connectivity index (χ2n) is 4.42. The van der Waals surface area contributed by atoms with Crippen molar-refractivity contribution in [3.63, 3.8) is 0 Å². The molecule has 2 unspecified atom stereocenters. The molecular formula is C13H16BrNO4. The Morgan fingerprint density at radius 1 is 1.32 bits per heavy atom. The predicted octanol–water partition coefficient (Wildman–Crippen LogP) is 1.64. The highest BCUT2D eigenvalue weighted by molar-refractivity contribution is 9.10. The lowest BCUT2D eigenvalue weighted by atomic mass is 10.2. The van der Waals surface area contributed by atoms with Crippen molar-refractivity contribution in [2.75, 3.05) is 27.3 Å². The summed E-state index contributed by atoms with van der Waals surface area (Å²) < 4.78 is 11.3. The summed E-state index contributed by atoms with van der Waals surface area (Å²) in [6, 6.07) is 4.79. The molecule has 2 rings (SSSR count). The second-order valence-corrected chi connectivity index (χ2v) is 5.34. The zero-order valence-corrected chi connectivity index (χ0v) is 12.4. The minimum atomic E-state index is -0.222. The maximum absolute atomic E-state index is 12.4. The summed E-state index contributed by atoms with van der Waals surface area (Å²) >= 11 is 3.29. The van der Waals surface area contributed by atoms with Crippen LogP contribution >= 0.6 is 15.9 Å². The van der Waals surface area contributed by atoms with Crippen LogP contribution in [0.1, 0.15) is 10.4 Å². The SMILES string of the molecule is COC1CN(C(=O)c2cc(Br)ccc2O)CC1OC. The average Bonchev–Trinajstić information content (AvgIpc) is 2.84. The highest BCUT2D eigenvalue weighted by Crippen LogP contribution is 2.25. The van der Waals surface area contributed by atoms with Crippen LogP contribution in [0.15, 0.2) is 22.7 Å². The number of carbonyl (C=O) groups is 1. The molecule has 6 heteroatoms. The first-order chi connectivity index (χ1) is 9.06. The van der Waals surface area contributed by atoms with Crippen molar-refractivity contribution in [1.29, 1.82) is 0 Å². The van der Waals surface area contributed by atoms with Gasteiger partial charge in [0, 0.05) is 31.8 Å². The van der Waals surface area contributed by atoms with E-state index in [-0.39, 0.29) is 29.4 Å². The highest BCUT2D eigenvalue weighted by atomic mass is 79.9. The fraction of sp³-hybridized carbons (Fsp3) is 0.462. The van der Waals surface area contributed by atoms with Crippen LogP contribution in [0.4, 0.5) is 0 Å². The van der Waals surface area contributed by atoms with Crippen LogP contribution in [0.3, 0.4) is 0 Å². The third-order valence-corrected chi connectivity index (χ3v) is 3.79. The first kappa shape index (κ1) is 14.3. The molecule has 1 aliphatic rings. The van der Waals surface area contributed by atoms with Crippen LogP contribution < -0.4 is 0 Å². The summed E-state index contributed by atoms with van der Waals surface area (Å²) in [4.78, 5) is 14.0. The second kappa shape index (κ2) is 5.90. The molecule has 1 saturated heterocycles. The van der Waals surface area contributed by atoms with Crippen LogP contribution in [0.5, 0.6) is 5.75 Å². The Labute approximate surface area is 120 Å². The van der Waals surface area contributed by atoms with Crippen molar-refractivity contribution in [1.82, 2.24) is 4.90 Å². The summed E-state index contributed by atoms with van der Waals surface area (Å²) in [6.45, 7) is 0.916. The van der Waals surface area contributed by atoms with Gasteiger partial charge in [-0.25, -0.2) is 0 Å². The van der Waals surface area contributed by atoms with Gasteiger partial charge in [-0.15, -0.1) is 0 Å². The van der Waals surface area contributed by atoms with Gasteiger partial charge in [0.2, 0.25) is 0 Å². The molecule has 0 bridgehead atoms. The lowest BCUT2D eigenvalue weighted by Crippen LogP contribution is -2.30. The minimum Gasteiger partial charge on any atom is -0.507 e. The number of halogens is 1. The Bertz CT molecular complexity index is 468. The zero-order valence-electron chi connectivity index (χ0n) is 10.8. The summed E-state index contributed by atoms with van der Waals surface area (Å²) in [5, 5.41) is 9.78. The number of hydrogen-bond acceptors (Lipinski definition) is 4. The van der Waals surface area contributed by atoms with Crippen molar-refractivity contribution in [3.05, 3.63) is 28.2 Å². The predicted molar refractivity (Wildman–Crippen MR) is 73.3 cm³/mol. The molecule has 0 aromatic heterocycles. The molecule has 1 heterocycles. The molecule has 5 nitrogen and oxygen atoms in total. The Hall–Kier alpha value is -1.11. The van der Waals surface area contributed by atoms with Crippen LogP contribution in [-0.2, 0) is 9.47 Å². The van der Waals surface area contributed by atoms with E-state index in [1.807, 2.05) is 0 Å². The van der Waals surface area contributed by atoms with Crippen LogP contribution in [0.25, 0.3) is 0 Å². The molecule has 0 saturated carbocycles. The Kier molecular flexibility index (Phi) is 4.44. The quantitative estimate of drug-likeness (QED) is 0.915.